The van der Waals surface area contributed by atoms with Crippen molar-refractivity contribution in [2.24, 2.45) is 0 Å². The molecule has 0 spiro atoms. The summed E-state index contributed by atoms with van der Waals surface area (Å²) < 4.78 is 13.5. The summed E-state index contributed by atoms with van der Waals surface area (Å²) in [5.41, 5.74) is 0.707. The van der Waals surface area contributed by atoms with Gasteiger partial charge in [0, 0.05) is 19.2 Å². The van der Waals surface area contributed by atoms with Crippen LogP contribution in [0.4, 0.5) is 16.0 Å². The van der Waals surface area contributed by atoms with E-state index in [2.05, 4.69) is 27.5 Å². The average molecular weight is 274 g/mol. The van der Waals surface area contributed by atoms with Gasteiger partial charge in [0.1, 0.15) is 23.8 Å². The topological polar surface area (TPSA) is 49.8 Å². The lowest BCUT2D eigenvalue weighted by molar-refractivity contribution is 0.610. The van der Waals surface area contributed by atoms with Crippen LogP contribution in [0.25, 0.3) is 0 Å². The highest BCUT2D eigenvalue weighted by Gasteiger charge is 2.01. The van der Waals surface area contributed by atoms with Gasteiger partial charge in [-0.2, -0.15) is 0 Å². The predicted molar refractivity (Wildman–Crippen MR) is 79.4 cm³/mol. The van der Waals surface area contributed by atoms with Crippen LogP contribution in [0.15, 0.2) is 36.7 Å². The Bertz CT molecular complexity index is 545. The van der Waals surface area contributed by atoms with Crippen molar-refractivity contribution in [1.29, 1.82) is 0 Å². The Hall–Kier alpha value is -2.17. The second kappa shape index (κ2) is 7.43. The molecule has 0 amide bonds. The van der Waals surface area contributed by atoms with Crippen LogP contribution in [0.3, 0.4) is 0 Å². The summed E-state index contributed by atoms with van der Waals surface area (Å²) in [6, 6.07) is 8.67. The molecule has 0 radical (unpaired) electrons. The van der Waals surface area contributed by atoms with Crippen molar-refractivity contribution in [2.45, 2.75) is 19.8 Å². The lowest BCUT2D eigenvalue weighted by Gasteiger charge is -2.08. The first-order valence-electron chi connectivity index (χ1n) is 6.83. The average Bonchev–Trinajstić information content (AvgIpc) is 2.48. The van der Waals surface area contributed by atoms with Gasteiger partial charge in [-0.25, -0.2) is 14.4 Å². The van der Waals surface area contributed by atoms with E-state index in [1.54, 1.807) is 12.1 Å². The van der Waals surface area contributed by atoms with Crippen LogP contribution in [-0.4, -0.2) is 23.1 Å². The summed E-state index contributed by atoms with van der Waals surface area (Å²) in [6.45, 7) is 3.61. The van der Waals surface area contributed by atoms with Gasteiger partial charge in [0.2, 0.25) is 0 Å². The Kier molecular flexibility index (Phi) is 5.29. The van der Waals surface area contributed by atoms with Crippen LogP contribution >= 0.6 is 0 Å². The van der Waals surface area contributed by atoms with E-state index in [0.717, 1.165) is 24.6 Å². The molecule has 1 heterocycles. The summed E-state index contributed by atoms with van der Waals surface area (Å²) in [5, 5.41) is 6.38. The highest BCUT2D eigenvalue weighted by molar-refractivity contribution is 5.46. The van der Waals surface area contributed by atoms with Crippen molar-refractivity contribution in [3.05, 3.63) is 48.0 Å². The van der Waals surface area contributed by atoms with Crippen LogP contribution in [0.2, 0.25) is 0 Å². The maximum absolute atomic E-state index is 13.5. The quantitative estimate of drug-likeness (QED) is 0.814. The lowest BCUT2D eigenvalue weighted by atomic mass is 10.1. The fraction of sp³-hybridized carbons (Fsp3) is 0.333. The normalized spacial score (nSPS) is 10.3. The summed E-state index contributed by atoms with van der Waals surface area (Å²) in [5.74, 6) is 1.38. The Balaban J connectivity index is 1.86. The van der Waals surface area contributed by atoms with E-state index in [-0.39, 0.29) is 5.82 Å². The number of hydrogen-bond donors (Lipinski definition) is 2. The zero-order valence-electron chi connectivity index (χ0n) is 11.6. The van der Waals surface area contributed by atoms with Gasteiger partial charge in [-0.3, -0.25) is 0 Å². The van der Waals surface area contributed by atoms with E-state index in [1.807, 2.05) is 12.1 Å². The van der Waals surface area contributed by atoms with Crippen molar-refractivity contribution >= 4 is 11.6 Å². The number of nitrogens with zero attached hydrogens (tertiary/aromatic N) is 2. The molecule has 4 nitrogen and oxygen atoms in total. The minimum Gasteiger partial charge on any atom is -0.370 e. The van der Waals surface area contributed by atoms with Gasteiger partial charge in [0.15, 0.2) is 0 Å². The summed E-state index contributed by atoms with van der Waals surface area (Å²) in [7, 11) is 0. The molecule has 2 N–H and O–H groups in total. The molecule has 1 aromatic heterocycles. The van der Waals surface area contributed by atoms with Crippen molar-refractivity contribution in [1.82, 2.24) is 9.97 Å². The molecule has 0 saturated heterocycles. The third-order valence-electron chi connectivity index (χ3n) is 2.88. The third-order valence-corrected chi connectivity index (χ3v) is 2.88. The first-order chi connectivity index (χ1) is 9.79. The smallest absolute Gasteiger partial charge is 0.131 e. The van der Waals surface area contributed by atoms with E-state index < -0.39 is 0 Å². The van der Waals surface area contributed by atoms with Crippen LogP contribution in [0.5, 0.6) is 0 Å². The monoisotopic (exact) mass is 274 g/mol. The number of aromatic nitrogens is 2. The molecule has 2 aromatic rings. The van der Waals surface area contributed by atoms with Gasteiger partial charge in [0.25, 0.3) is 0 Å². The molecule has 2 rings (SSSR count). The largest absolute Gasteiger partial charge is 0.370 e. The maximum atomic E-state index is 13.5. The molecule has 0 fully saturated rings. The zero-order valence-corrected chi connectivity index (χ0v) is 11.6. The highest BCUT2D eigenvalue weighted by atomic mass is 19.1. The lowest BCUT2D eigenvalue weighted by Crippen LogP contribution is -2.09. The highest BCUT2D eigenvalue weighted by Crippen LogP contribution is 2.10. The molecule has 106 valence electrons. The number of halogens is 1. The van der Waals surface area contributed by atoms with Crippen LogP contribution in [-0.2, 0) is 6.42 Å². The first-order valence-corrected chi connectivity index (χ1v) is 6.83. The third kappa shape index (κ3) is 4.19. The Morgan fingerprint density at radius 2 is 1.75 bits per heavy atom. The molecule has 0 aliphatic heterocycles. The Morgan fingerprint density at radius 3 is 2.45 bits per heavy atom. The van der Waals surface area contributed by atoms with Gasteiger partial charge < -0.3 is 10.6 Å². The number of nitrogens with one attached hydrogen (secondary N) is 2. The van der Waals surface area contributed by atoms with Gasteiger partial charge in [-0.15, -0.1) is 0 Å². The van der Waals surface area contributed by atoms with Crippen molar-refractivity contribution in [2.75, 3.05) is 23.7 Å². The molecule has 20 heavy (non-hydrogen) atoms. The molecule has 0 aliphatic rings. The van der Waals surface area contributed by atoms with E-state index in [1.165, 1.54) is 12.4 Å². The number of hydrogen-bond acceptors (Lipinski definition) is 4. The van der Waals surface area contributed by atoms with Crippen molar-refractivity contribution in [3.8, 4) is 0 Å². The zero-order chi connectivity index (χ0) is 14.2. The molecule has 0 atom stereocenters. The molecule has 0 aliphatic carbocycles. The summed E-state index contributed by atoms with van der Waals surface area (Å²) in [6.07, 6.45) is 3.18. The fourth-order valence-electron chi connectivity index (χ4n) is 1.83. The number of anilines is 2. The second-order valence-electron chi connectivity index (χ2n) is 4.48. The second-order valence-corrected chi connectivity index (χ2v) is 4.48. The van der Waals surface area contributed by atoms with Crippen molar-refractivity contribution in [3.63, 3.8) is 0 Å². The SMILES string of the molecule is CCCNc1cc(NCCc2ccccc2F)ncn1. The van der Waals surface area contributed by atoms with E-state index in [0.29, 0.717) is 18.5 Å². The Labute approximate surface area is 118 Å². The first kappa shape index (κ1) is 14.2. The van der Waals surface area contributed by atoms with Crippen LogP contribution in [0.1, 0.15) is 18.9 Å². The van der Waals surface area contributed by atoms with Gasteiger partial charge in [0.05, 0.1) is 0 Å². The van der Waals surface area contributed by atoms with Gasteiger partial charge in [-0.05, 0) is 24.5 Å². The predicted octanol–water partition coefficient (Wildman–Crippen LogP) is 3.09. The standard InChI is InChI=1S/C15H19FN4/c1-2-8-17-14-10-15(20-11-19-14)18-9-7-12-5-3-4-6-13(12)16/h3-6,10-11H,2,7-9H2,1H3,(H2,17,18,19,20). The fourth-order valence-corrected chi connectivity index (χ4v) is 1.83. The molecule has 0 saturated carbocycles. The summed E-state index contributed by atoms with van der Waals surface area (Å²) in [4.78, 5) is 8.28. The van der Waals surface area contributed by atoms with Crippen LogP contribution in [0, 0.1) is 5.82 Å². The van der Waals surface area contributed by atoms with E-state index in [9.17, 15) is 4.39 Å². The van der Waals surface area contributed by atoms with E-state index in [4.69, 9.17) is 0 Å². The molecular weight excluding hydrogens is 255 g/mol. The minimum atomic E-state index is -0.165. The molecule has 1 aromatic carbocycles. The molecule has 5 heteroatoms. The molecule has 0 unspecified atom stereocenters. The molecule has 0 bridgehead atoms. The maximum Gasteiger partial charge on any atom is 0.131 e. The van der Waals surface area contributed by atoms with Gasteiger partial charge in [-0.1, -0.05) is 25.1 Å². The van der Waals surface area contributed by atoms with E-state index >= 15 is 0 Å². The minimum absolute atomic E-state index is 0.165. The van der Waals surface area contributed by atoms with Gasteiger partial charge >= 0.3 is 0 Å². The number of benzene rings is 1. The number of rotatable bonds is 7. The molecular formula is C15H19FN4. The van der Waals surface area contributed by atoms with Crippen LogP contribution < -0.4 is 10.6 Å². The Morgan fingerprint density at radius 1 is 1.05 bits per heavy atom. The summed E-state index contributed by atoms with van der Waals surface area (Å²) >= 11 is 0. The van der Waals surface area contributed by atoms with Crippen molar-refractivity contribution < 1.29 is 4.39 Å².